The highest BCUT2D eigenvalue weighted by Crippen LogP contribution is 2.30. The lowest BCUT2D eigenvalue weighted by atomic mass is 10.2. The maximum atomic E-state index is 13.8. The summed E-state index contributed by atoms with van der Waals surface area (Å²) in [4.78, 5) is 25.9. The lowest BCUT2D eigenvalue weighted by molar-refractivity contribution is 0.0734. The van der Waals surface area contributed by atoms with Gasteiger partial charge in [0.1, 0.15) is 5.75 Å². The molecule has 1 amide bonds. The minimum Gasteiger partial charge on any atom is -0.423 e. The third kappa shape index (κ3) is 5.15. The van der Waals surface area contributed by atoms with Crippen LogP contribution in [0.2, 0.25) is 0 Å². The molecule has 4 aromatic rings. The predicted molar refractivity (Wildman–Crippen MR) is 134 cm³/mol. The van der Waals surface area contributed by atoms with Crippen LogP contribution in [0.15, 0.2) is 108 Å². The topological polar surface area (TPSA) is 80.8 Å². The van der Waals surface area contributed by atoms with Gasteiger partial charge in [0, 0.05) is 5.56 Å². The highest BCUT2D eigenvalue weighted by Gasteiger charge is 2.33. The summed E-state index contributed by atoms with van der Waals surface area (Å²) < 4.78 is 33.8. The van der Waals surface area contributed by atoms with E-state index in [1.807, 2.05) is 6.07 Å². The summed E-state index contributed by atoms with van der Waals surface area (Å²) in [6, 6.07) is 27.6. The maximum absolute atomic E-state index is 13.8. The summed E-state index contributed by atoms with van der Waals surface area (Å²) >= 11 is 0. The first kappa shape index (κ1) is 23.9. The molecule has 0 saturated heterocycles. The highest BCUT2D eigenvalue weighted by atomic mass is 32.2. The molecule has 6 nitrogen and oxygen atoms in total. The molecule has 0 aliphatic carbocycles. The van der Waals surface area contributed by atoms with Crippen molar-refractivity contribution in [2.24, 2.45) is 0 Å². The van der Waals surface area contributed by atoms with E-state index in [2.05, 4.69) is 0 Å². The number of carbonyl (C=O) groups excluding carboxylic acids is 2. The first-order valence-corrected chi connectivity index (χ1v) is 12.3. The molecule has 0 atom stereocenters. The summed E-state index contributed by atoms with van der Waals surface area (Å²) in [6.45, 7) is 3.47. The van der Waals surface area contributed by atoms with Crippen LogP contribution in [-0.4, -0.2) is 20.3 Å². The Kier molecular flexibility index (Phi) is 6.80. The maximum Gasteiger partial charge on any atom is 0.343 e. The molecular formula is C28H23NO5S. The molecule has 0 aromatic heterocycles. The number of sulfonamides is 1. The predicted octanol–water partition coefficient (Wildman–Crippen LogP) is 5.56. The monoisotopic (exact) mass is 485 g/mol. The van der Waals surface area contributed by atoms with E-state index in [0.717, 1.165) is 9.87 Å². The zero-order valence-electron chi connectivity index (χ0n) is 19.2. The zero-order chi connectivity index (χ0) is 25.0. The number of aryl methyl sites for hydroxylation is 2. The first-order chi connectivity index (χ1) is 16.8. The quantitative estimate of drug-likeness (QED) is 0.264. The summed E-state index contributed by atoms with van der Waals surface area (Å²) in [5.41, 5.74) is 2.01. The van der Waals surface area contributed by atoms with Crippen molar-refractivity contribution in [2.75, 3.05) is 4.31 Å². The Hall–Kier alpha value is -4.23. The third-order valence-electron chi connectivity index (χ3n) is 5.36. The van der Waals surface area contributed by atoms with Gasteiger partial charge in [-0.05, 0) is 79.6 Å². The smallest absolute Gasteiger partial charge is 0.343 e. The standard InChI is InChI=1S/C28H23NO5S/c1-20-13-14-21(2)26(19-20)35(32,33)29(27(30)22-9-5-3-6-10-22)24-15-17-25(18-16-24)34-28(31)23-11-7-4-8-12-23/h3-19H,1-2H3. The Morgan fingerprint density at radius 1 is 0.714 bits per heavy atom. The average molecular weight is 486 g/mol. The van der Waals surface area contributed by atoms with E-state index in [-0.39, 0.29) is 21.9 Å². The number of esters is 1. The van der Waals surface area contributed by atoms with Crippen molar-refractivity contribution in [2.45, 2.75) is 18.7 Å². The van der Waals surface area contributed by atoms with Crippen LogP contribution in [0.3, 0.4) is 0 Å². The molecule has 176 valence electrons. The Morgan fingerprint density at radius 2 is 1.29 bits per heavy atom. The summed E-state index contributed by atoms with van der Waals surface area (Å²) in [5, 5.41) is 0. The number of hydrogen-bond acceptors (Lipinski definition) is 5. The molecule has 0 bridgehead atoms. The molecular weight excluding hydrogens is 462 g/mol. The number of benzene rings is 4. The van der Waals surface area contributed by atoms with Gasteiger partial charge in [-0.3, -0.25) is 4.79 Å². The normalized spacial score (nSPS) is 11.0. The van der Waals surface area contributed by atoms with Crippen molar-refractivity contribution >= 4 is 27.6 Å². The van der Waals surface area contributed by atoms with Gasteiger partial charge in [-0.25, -0.2) is 13.2 Å². The lowest BCUT2D eigenvalue weighted by Gasteiger charge is -2.24. The second-order valence-corrected chi connectivity index (χ2v) is 9.71. The van der Waals surface area contributed by atoms with E-state index in [1.54, 1.807) is 86.6 Å². The molecule has 0 radical (unpaired) electrons. The molecule has 0 heterocycles. The molecule has 4 rings (SSSR count). The van der Waals surface area contributed by atoms with Crippen LogP contribution in [0, 0.1) is 13.8 Å². The van der Waals surface area contributed by atoms with E-state index in [1.165, 1.54) is 24.3 Å². The Morgan fingerprint density at radius 3 is 1.89 bits per heavy atom. The third-order valence-corrected chi connectivity index (χ3v) is 7.21. The van der Waals surface area contributed by atoms with Crippen LogP contribution in [0.5, 0.6) is 5.75 Å². The van der Waals surface area contributed by atoms with Gasteiger partial charge in [-0.1, -0.05) is 48.5 Å². The van der Waals surface area contributed by atoms with Crippen molar-refractivity contribution in [3.8, 4) is 5.75 Å². The number of nitrogens with zero attached hydrogens (tertiary/aromatic N) is 1. The molecule has 7 heteroatoms. The fourth-order valence-electron chi connectivity index (χ4n) is 3.54. The van der Waals surface area contributed by atoms with Gasteiger partial charge in [0.2, 0.25) is 0 Å². The number of rotatable bonds is 6. The molecule has 0 aliphatic heterocycles. The summed E-state index contributed by atoms with van der Waals surface area (Å²) in [7, 11) is -4.26. The minimum atomic E-state index is -4.26. The first-order valence-electron chi connectivity index (χ1n) is 10.9. The van der Waals surface area contributed by atoms with Crippen molar-refractivity contribution in [1.29, 1.82) is 0 Å². The molecule has 4 aromatic carbocycles. The number of amides is 1. The van der Waals surface area contributed by atoms with Gasteiger partial charge in [-0.15, -0.1) is 0 Å². The largest absolute Gasteiger partial charge is 0.423 e. The Bertz CT molecular complexity index is 1470. The van der Waals surface area contributed by atoms with Crippen LogP contribution in [0.25, 0.3) is 0 Å². The average Bonchev–Trinajstić information content (AvgIpc) is 2.87. The molecule has 0 fully saturated rings. The van der Waals surface area contributed by atoms with Crippen LogP contribution in [0.1, 0.15) is 31.8 Å². The fourth-order valence-corrected chi connectivity index (χ4v) is 5.27. The van der Waals surface area contributed by atoms with Gasteiger partial charge in [0.15, 0.2) is 0 Å². The number of ether oxygens (including phenoxy) is 1. The zero-order valence-corrected chi connectivity index (χ0v) is 20.0. The molecule has 0 N–H and O–H groups in total. The van der Waals surface area contributed by atoms with E-state index in [0.29, 0.717) is 11.1 Å². The molecule has 0 aliphatic rings. The van der Waals surface area contributed by atoms with Crippen molar-refractivity contribution < 1.29 is 22.7 Å². The molecule has 0 spiro atoms. The van der Waals surface area contributed by atoms with Gasteiger partial charge in [-0.2, -0.15) is 4.31 Å². The number of anilines is 1. The summed E-state index contributed by atoms with van der Waals surface area (Å²) in [5.74, 6) is -1.02. The SMILES string of the molecule is Cc1ccc(C)c(S(=O)(=O)N(C(=O)c2ccccc2)c2ccc(OC(=O)c3ccccc3)cc2)c1. The highest BCUT2D eigenvalue weighted by molar-refractivity contribution is 7.93. The molecule has 0 saturated carbocycles. The van der Waals surface area contributed by atoms with Gasteiger partial charge in [0.25, 0.3) is 15.9 Å². The van der Waals surface area contributed by atoms with E-state index >= 15 is 0 Å². The van der Waals surface area contributed by atoms with Gasteiger partial charge < -0.3 is 4.74 Å². The fraction of sp³-hybridized carbons (Fsp3) is 0.0714. The second kappa shape index (κ2) is 9.95. The Balaban J connectivity index is 1.73. The minimum absolute atomic E-state index is 0.0429. The second-order valence-electron chi connectivity index (χ2n) is 7.96. The van der Waals surface area contributed by atoms with Crippen molar-refractivity contribution in [3.63, 3.8) is 0 Å². The van der Waals surface area contributed by atoms with Crippen LogP contribution >= 0.6 is 0 Å². The molecule has 35 heavy (non-hydrogen) atoms. The van der Waals surface area contributed by atoms with Crippen LogP contribution in [0.4, 0.5) is 5.69 Å². The molecule has 0 unspecified atom stereocenters. The van der Waals surface area contributed by atoms with Crippen LogP contribution in [-0.2, 0) is 10.0 Å². The van der Waals surface area contributed by atoms with Gasteiger partial charge in [0.05, 0.1) is 16.1 Å². The van der Waals surface area contributed by atoms with Gasteiger partial charge >= 0.3 is 5.97 Å². The lowest BCUT2D eigenvalue weighted by Crippen LogP contribution is -2.37. The van der Waals surface area contributed by atoms with Crippen molar-refractivity contribution in [3.05, 3.63) is 125 Å². The Labute approximate surface area is 204 Å². The van der Waals surface area contributed by atoms with E-state index in [4.69, 9.17) is 4.74 Å². The van der Waals surface area contributed by atoms with E-state index < -0.39 is 21.9 Å². The number of carbonyl (C=O) groups is 2. The summed E-state index contributed by atoms with van der Waals surface area (Å²) in [6.07, 6.45) is 0. The number of hydrogen-bond donors (Lipinski definition) is 0. The van der Waals surface area contributed by atoms with Crippen molar-refractivity contribution in [1.82, 2.24) is 0 Å². The van der Waals surface area contributed by atoms with E-state index in [9.17, 15) is 18.0 Å². The van der Waals surface area contributed by atoms with Crippen LogP contribution < -0.4 is 9.04 Å².